The summed E-state index contributed by atoms with van der Waals surface area (Å²) in [5, 5.41) is 7.14. The van der Waals surface area contributed by atoms with Crippen molar-refractivity contribution in [2.24, 2.45) is 0 Å². The van der Waals surface area contributed by atoms with Crippen molar-refractivity contribution in [3.8, 4) is 11.5 Å². The third-order valence-corrected chi connectivity index (χ3v) is 5.26. The van der Waals surface area contributed by atoms with Gasteiger partial charge in [0.25, 0.3) is 6.43 Å². The molecule has 12 heteroatoms. The summed E-state index contributed by atoms with van der Waals surface area (Å²) in [7, 11) is 1.64. The molecule has 0 atom stereocenters. The Labute approximate surface area is 181 Å². The number of amides is 1. The van der Waals surface area contributed by atoms with E-state index < -0.39 is 13.0 Å². The van der Waals surface area contributed by atoms with E-state index in [9.17, 15) is 13.6 Å². The van der Waals surface area contributed by atoms with Crippen molar-refractivity contribution < 1.29 is 23.0 Å². The Balaban J connectivity index is 1.49. The summed E-state index contributed by atoms with van der Waals surface area (Å²) >= 11 is 0. The van der Waals surface area contributed by atoms with Crippen molar-refractivity contribution in [1.82, 2.24) is 19.7 Å². The van der Waals surface area contributed by atoms with Crippen LogP contribution in [0.5, 0.6) is 11.5 Å². The molecule has 2 aliphatic heterocycles. The molecule has 0 aliphatic carbocycles. The van der Waals surface area contributed by atoms with Crippen molar-refractivity contribution >= 4 is 34.7 Å². The zero-order valence-electron chi connectivity index (χ0n) is 17.2. The lowest BCUT2D eigenvalue weighted by Crippen LogP contribution is -2.42. The molecule has 0 unspecified atom stereocenters. The number of ether oxygens (including phenoxy) is 2. The second kappa shape index (κ2) is 7.62. The molecule has 1 N–H and O–H groups in total. The molecule has 5 rings (SSSR count). The fraction of sp³-hybridized carbons (Fsp3) is 0.300. The molecule has 2 aliphatic rings. The second-order valence-corrected chi connectivity index (χ2v) is 7.40. The van der Waals surface area contributed by atoms with E-state index in [1.54, 1.807) is 18.1 Å². The molecular weight excluding hydrogens is 424 g/mol. The largest absolute Gasteiger partial charge is 0.454 e. The fourth-order valence-electron chi connectivity index (χ4n) is 3.56. The van der Waals surface area contributed by atoms with Gasteiger partial charge in [-0.05, 0) is 18.6 Å². The minimum absolute atomic E-state index is 0.0105. The maximum atomic E-state index is 12.7. The fourth-order valence-corrected chi connectivity index (χ4v) is 3.56. The van der Waals surface area contributed by atoms with Crippen LogP contribution in [-0.2, 0) is 11.3 Å². The van der Waals surface area contributed by atoms with E-state index in [1.807, 2.05) is 19.1 Å². The number of likely N-dealkylation sites (N-methyl/N-ethyl adjacent to an activating group) is 1. The second-order valence-electron chi connectivity index (χ2n) is 7.40. The van der Waals surface area contributed by atoms with Gasteiger partial charge in [0.1, 0.15) is 18.8 Å². The highest BCUT2D eigenvalue weighted by molar-refractivity contribution is 6.03. The highest BCUT2D eigenvalue weighted by Gasteiger charge is 2.31. The molecule has 1 aromatic carbocycles. The predicted octanol–water partition coefficient (Wildman–Crippen LogP) is 2.83. The van der Waals surface area contributed by atoms with E-state index in [-0.39, 0.29) is 19.2 Å². The highest BCUT2D eigenvalue weighted by Crippen LogP contribution is 2.39. The number of fused-ring (bicyclic) bond motifs is 2. The summed E-state index contributed by atoms with van der Waals surface area (Å²) in [6, 6.07) is 3.67. The maximum absolute atomic E-state index is 12.7. The quantitative estimate of drug-likeness (QED) is 0.643. The molecule has 0 bridgehead atoms. The number of nitrogens with one attached hydrogen (secondary N) is 1. The van der Waals surface area contributed by atoms with Crippen LogP contribution in [0.25, 0.3) is 0 Å². The molecule has 10 nitrogen and oxygen atoms in total. The maximum Gasteiger partial charge on any atom is 0.257 e. The Morgan fingerprint density at radius 1 is 1.22 bits per heavy atom. The van der Waals surface area contributed by atoms with Crippen LogP contribution in [0.4, 0.5) is 37.6 Å². The monoisotopic (exact) mass is 443 g/mol. The number of hydrogen-bond acceptors (Lipinski definition) is 8. The lowest BCUT2D eigenvalue weighted by atomic mass is 10.2. The third-order valence-electron chi connectivity index (χ3n) is 5.26. The first kappa shape index (κ1) is 20.0. The Bertz CT molecular complexity index is 1200. The molecule has 32 heavy (non-hydrogen) atoms. The van der Waals surface area contributed by atoms with Gasteiger partial charge in [0, 0.05) is 25.0 Å². The first-order chi connectivity index (χ1) is 15.4. The number of anilines is 5. The van der Waals surface area contributed by atoms with Crippen molar-refractivity contribution in [2.75, 3.05) is 35.5 Å². The molecule has 0 spiro atoms. The number of aromatic nitrogens is 4. The van der Waals surface area contributed by atoms with Crippen LogP contribution >= 0.6 is 0 Å². The molecule has 4 heterocycles. The van der Waals surface area contributed by atoms with Gasteiger partial charge in [0.2, 0.25) is 18.6 Å². The Morgan fingerprint density at radius 2 is 2.00 bits per heavy atom. The number of carbonyl (C=O) groups excluding carboxylic acids is 1. The summed E-state index contributed by atoms with van der Waals surface area (Å²) in [5.41, 5.74) is 2.63. The molecule has 0 fully saturated rings. The van der Waals surface area contributed by atoms with Gasteiger partial charge in [-0.2, -0.15) is 10.1 Å². The number of hydrogen-bond donors (Lipinski definition) is 1. The molecule has 0 saturated heterocycles. The van der Waals surface area contributed by atoms with Crippen molar-refractivity contribution in [2.45, 2.75) is 19.9 Å². The topological polar surface area (TPSA) is 97.6 Å². The van der Waals surface area contributed by atoms with Gasteiger partial charge in [-0.1, -0.05) is 0 Å². The smallest absolute Gasteiger partial charge is 0.257 e. The molecule has 166 valence electrons. The van der Waals surface area contributed by atoms with Crippen LogP contribution in [0.3, 0.4) is 0 Å². The van der Waals surface area contributed by atoms with Gasteiger partial charge in [0.05, 0.1) is 18.1 Å². The van der Waals surface area contributed by atoms with Gasteiger partial charge >= 0.3 is 0 Å². The molecule has 3 aromatic rings. The van der Waals surface area contributed by atoms with Crippen molar-refractivity contribution in [3.05, 3.63) is 36.3 Å². The summed E-state index contributed by atoms with van der Waals surface area (Å²) in [6.45, 7) is 1.54. The van der Waals surface area contributed by atoms with Crippen LogP contribution in [0.2, 0.25) is 0 Å². The molecule has 1 amide bonds. The summed E-state index contributed by atoms with van der Waals surface area (Å²) < 4.78 is 37.4. The average molecular weight is 443 g/mol. The lowest BCUT2D eigenvalue weighted by Gasteiger charge is -2.33. The normalized spacial score (nSPS) is 14.8. The van der Waals surface area contributed by atoms with Crippen LogP contribution in [0, 0.1) is 6.92 Å². The molecule has 0 saturated carbocycles. The van der Waals surface area contributed by atoms with E-state index in [4.69, 9.17) is 9.47 Å². The molecule has 2 aromatic heterocycles. The van der Waals surface area contributed by atoms with Gasteiger partial charge in [-0.25, -0.2) is 13.8 Å². The number of carbonyl (C=O) groups is 1. The van der Waals surface area contributed by atoms with Crippen molar-refractivity contribution in [3.63, 3.8) is 0 Å². The van der Waals surface area contributed by atoms with Crippen LogP contribution in [0.15, 0.2) is 30.7 Å². The van der Waals surface area contributed by atoms with Gasteiger partial charge in [0.15, 0.2) is 17.3 Å². The Kier molecular flexibility index (Phi) is 4.76. The third kappa shape index (κ3) is 3.53. The van der Waals surface area contributed by atoms with E-state index in [0.717, 1.165) is 15.9 Å². The highest BCUT2D eigenvalue weighted by atomic mass is 19.3. The number of benzene rings is 1. The van der Waals surface area contributed by atoms with Crippen molar-refractivity contribution in [1.29, 1.82) is 0 Å². The number of nitrogens with zero attached hydrogens (tertiary/aromatic N) is 6. The van der Waals surface area contributed by atoms with Gasteiger partial charge in [-0.15, -0.1) is 0 Å². The van der Waals surface area contributed by atoms with Gasteiger partial charge in [-0.3, -0.25) is 9.48 Å². The number of rotatable bonds is 5. The van der Waals surface area contributed by atoms with Crippen LogP contribution in [-0.4, -0.2) is 52.5 Å². The first-order valence-electron chi connectivity index (χ1n) is 9.78. The minimum atomic E-state index is -2.53. The Morgan fingerprint density at radius 3 is 2.78 bits per heavy atom. The molecule has 0 radical (unpaired) electrons. The zero-order chi connectivity index (χ0) is 22.4. The predicted molar refractivity (Wildman–Crippen MR) is 111 cm³/mol. The van der Waals surface area contributed by atoms with Crippen LogP contribution in [0.1, 0.15) is 5.56 Å². The number of halogens is 2. The average Bonchev–Trinajstić information content (AvgIpc) is 3.39. The van der Waals surface area contributed by atoms with E-state index in [1.165, 1.54) is 17.3 Å². The van der Waals surface area contributed by atoms with Gasteiger partial charge < -0.3 is 24.6 Å². The van der Waals surface area contributed by atoms with Crippen LogP contribution < -0.4 is 24.6 Å². The van der Waals surface area contributed by atoms with E-state index in [0.29, 0.717) is 34.6 Å². The standard InChI is InChI=1S/C20H19F2N7O3/c1-11-3-15-16(32-10-31-15)4-13(11)25-20-23-6-14-19(26-20)29(9-18(30)27(14)2)12-5-24-28(7-12)8-17(21)22/h3-7,17H,8-10H2,1-2H3,(H,23,25,26). The molecular formula is C20H19F2N7O3. The Hall–Kier alpha value is -3.96. The summed E-state index contributed by atoms with van der Waals surface area (Å²) in [6.07, 6.45) is 1.90. The van der Waals surface area contributed by atoms with E-state index in [2.05, 4.69) is 20.4 Å². The lowest BCUT2D eigenvalue weighted by molar-refractivity contribution is -0.117. The summed E-state index contributed by atoms with van der Waals surface area (Å²) in [4.78, 5) is 24.5. The van der Waals surface area contributed by atoms with E-state index >= 15 is 0 Å². The minimum Gasteiger partial charge on any atom is -0.454 e. The number of alkyl halides is 2. The zero-order valence-corrected chi connectivity index (χ0v) is 17.2. The number of aryl methyl sites for hydroxylation is 1. The SMILES string of the molecule is Cc1cc2c(cc1Nc1ncc3c(n1)N(c1cnn(CC(F)F)c1)CC(=O)N3C)OCO2. The first-order valence-corrected chi connectivity index (χ1v) is 9.78. The summed E-state index contributed by atoms with van der Waals surface area (Å²) in [5.74, 6) is 1.87.